The molecule has 4 aliphatic rings. The van der Waals surface area contributed by atoms with Gasteiger partial charge in [0.15, 0.2) is 0 Å². The van der Waals surface area contributed by atoms with Gasteiger partial charge < -0.3 is 4.57 Å². The molecule has 134 valence electrons. The molecule has 25 heavy (non-hydrogen) atoms. The van der Waals surface area contributed by atoms with Crippen LogP contribution in [0, 0.1) is 25.7 Å². The van der Waals surface area contributed by atoms with Gasteiger partial charge in [0.05, 0.1) is 0 Å². The number of hydrogen-bond acceptors (Lipinski definition) is 1. The Morgan fingerprint density at radius 3 is 2.72 bits per heavy atom. The third kappa shape index (κ3) is 1.95. The molecule has 0 radical (unpaired) electrons. The summed E-state index contributed by atoms with van der Waals surface area (Å²) in [6.45, 7) is 12.1. The van der Waals surface area contributed by atoms with Gasteiger partial charge in [-0.2, -0.15) is 0 Å². The van der Waals surface area contributed by atoms with Crippen molar-refractivity contribution in [1.29, 1.82) is 0 Å². The van der Waals surface area contributed by atoms with E-state index in [1.54, 1.807) is 11.3 Å². The quantitative estimate of drug-likeness (QED) is 0.731. The molecule has 0 amide bonds. The largest absolute Gasteiger partial charge is 0.347 e. The first-order valence-corrected chi connectivity index (χ1v) is 10.3. The fourth-order valence-electron chi connectivity index (χ4n) is 7.03. The van der Waals surface area contributed by atoms with E-state index in [1.807, 2.05) is 0 Å². The van der Waals surface area contributed by atoms with Crippen LogP contribution in [-0.2, 0) is 18.9 Å². The van der Waals surface area contributed by atoms with Crippen LogP contribution in [-0.4, -0.2) is 28.6 Å². The molecule has 3 fully saturated rings. The fraction of sp³-hybridized carbons (Fsp3) is 0.652. The van der Waals surface area contributed by atoms with Crippen LogP contribution in [0.25, 0.3) is 10.9 Å². The van der Waals surface area contributed by atoms with Crippen LogP contribution >= 0.6 is 0 Å². The second-order valence-electron chi connectivity index (χ2n) is 9.42. The molecule has 2 saturated heterocycles. The van der Waals surface area contributed by atoms with E-state index in [0.717, 1.165) is 17.9 Å². The number of rotatable bonds is 1. The maximum Gasteiger partial charge on any atom is 0.0485 e. The normalized spacial score (nSPS) is 36.5. The van der Waals surface area contributed by atoms with Crippen molar-refractivity contribution in [3.63, 3.8) is 0 Å². The van der Waals surface area contributed by atoms with Crippen molar-refractivity contribution in [2.24, 2.45) is 18.9 Å². The molecule has 5 unspecified atom stereocenters. The van der Waals surface area contributed by atoms with Crippen molar-refractivity contribution in [3.05, 3.63) is 34.5 Å². The SMILES string of the molecule is CCC1CC2CN3CCc4c(n(C)c5cc(C)c(C)cc45)C(C)(C2)C13. The lowest BCUT2D eigenvalue weighted by molar-refractivity contribution is -0.0531. The molecule has 0 spiro atoms. The first-order chi connectivity index (χ1) is 11.9. The van der Waals surface area contributed by atoms with Gasteiger partial charge in [-0.15, -0.1) is 0 Å². The Kier molecular flexibility index (Phi) is 3.27. The van der Waals surface area contributed by atoms with Gasteiger partial charge in [-0.25, -0.2) is 0 Å². The average Bonchev–Trinajstić information content (AvgIpc) is 2.79. The van der Waals surface area contributed by atoms with E-state index in [0.29, 0.717) is 5.41 Å². The molecule has 1 aliphatic carbocycles. The maximum absolute atomic E-state index is 2.87. The monoisotopic (exact) mass is 336 g/mol. The van der Waals surface area contributed by atoms with Crippen molar-refractivity contribution in [2.75, 3.05) is 13.1 Å². The lowest BCUT2D eigenvalue weighted by atomic mass is 9.57. The number of aromatic nitrogens is 1. The Morgan fingerprint density at radius 2 is 1.96 bits per heavy atom. The van der Waals surface area contributed by atoms with Crippen molar-refractivity contribution in [2.45, 2.75) is 64.8 Å². The summed E-state index contributed by atoms with van der Waals surface area (Å²) in [7, 11) is 2.33. The standard InChI is InChI=1S/C23H32N2/c1-6-17-11-16-12-23(4)21(17)25(13-16)8-7-18-19-9-14(2)15(3)10-20(19)24(5)22(18)23/h9-10,16-17,21H,6-8,11-13H2,1-5H3. The van der Waals surface area contributed by atoms with E-state index in [4.69, 9.17) is 0 Å². The Labute approximate surface area is 152 Å². The van der Waals surface area contributed by atoms with Crippen molar-refractivity contribution < 1.29 is 0 Å². The van der Waals surface area contributed by atoms with Gasteiger partial charge in [-0.1, -0.05) is 20.3 Å². The summed E-state index contributed by atoms with van der Waals surface area (Å²) < 4.78 is 2.58. The van der Waals surface area contributed by atoms with Crippen LogP contribution < -0.4 is 0 Å². The highest BCUT2D eigenvalue weighted by Crippen LogP contribution is 2.55. The van der Waals surface area contributed by atoms with E-state index in [9.17, 15) is 0 Å². The summed E-state index contributed by atoms with van der Waals surface area (Å²) in [6, 6.07) is 5.64. The van der Waals surface area contributed by atoms with Gasteiger partial charge in [-0.05, 0) is 73.8 Å². The molecule has 4 heterocycles. The second-order valence-corrected chi connectivity index (χ2v) is 9.42. The van der Waals surface area contributed by atoms with E-state index in [-0.39, 0.29) is 0 Å². The molecule has 2 nitrogen and oxygen atoms in total. The molecule has 5 atom stereocenters. The van der Waals surface area contributed by atoms with Gasteiger partial charge in [0, 0.05) is 48.2 Å². The van der Waals surface area contributed by atoms with Crippen LogP contribution in [0.1, 0.15) is 55.5 Å². The van der Waals surface area contributed by atoms with Crippen LogP contribution in [0.15, 0.2) is 12.1 Å². The number of fused-ring (bicyclic) bond motifs is 4. The summed E-state index contributed by atoms with van der Waals surface area (Å²) >= 11 is 0. The van der Waals surface area contributed by atoms with Crippen molar-refractivity contribution >= 4 is 10.9 Å². The highest BCUT2D eigenvalue weighted by Gasteiger charge is 2.55. The zero-order chi connectivity index (χ0) is 17.5. The molecule has 2 aromatic rings. The molecule has 3 aliphatic heterocycles. The highest BCUT2D eigenvalue weighted by molar-refractivity contribution is 5.87. The summed E-state index contributed by atoms with van der Waals surface area (Å²) in [5.74, 6) is 1.78. The van der Waals surface area contributed by atoms with Crippen LogP contribution in [0.5, 0.6) is 0 Å². The number of benzene rings is 1. The molecule has 1 aromatic heterocycles. The van der Waals surface area contributed by atoms with Gasteiger partial charge in [0.25, 0.3) is 0 Å². The van der Waals surface area contributed by atoms with Crippen molar-refractivity contribution in [3.8, 4) is 0 Å². The van der Waals surface area contributed by atoms with Gasteiger partial charge in [-0.3, -0.25) is 4.90 Å². The maximum atomic E-state index is 2.87. The Morgan fingerprint density at radius 1 is 1.20 bits per heavy atom. The number of nitrogens with zero attached hydrogens (tertiary/aromatic N) is 2. The summed E-state index contributed by atoms with van der Waals surface area (Å²) in [6.07, 6.45) is 5.42. The molecule has 0 N–H and O–H groups in total. The minimum atomic E-state index is 0.323. The zero-order valence-corrected chi connectivity index (χ0v) is 16.5. The number of aryl methyl sites for hydroxylation is 3. The second kappa shape index (κ2) is 5.13. The Balaban J connectivity index is 1.80. The first-order valence-electron chi connectivity index (χ1n) is 10.3. The first kappa shape index (κ1) is 15.9. The van der Waals surface area contributed by atoms with E-state index in [2.05, 4.69) is 56.3 Å². The summed E-state index contributed by atoms with van der Waals surface area (Å²) in [5, 5.41) is 1.53. The minimum absolute atomic E-state index is 0.323. The van der Waals surface area contributed by atoms with E-state index in [1.165, 1.54) is 60.8 Å². The Hall–Kier alpha value is -1.28. The lowest BCUT2D eigenvalue weighted by Gasteiger charge is -2.58. The smallest absolute Gasteiger partial charge is 0.0485 e. The number of piperidine rings is 2. The molecular weight excluding hydrogens is 304 g/mol. The Bertz CT molecular complexity index is 861. The zero-order valence-electron chi connectivity index (χ0n) is 16.5. The molecular formula is C23H32N2. The van der Waals surface area contributed by atoms with Crippen LogP contribution in [0.2, 0.25) is 0 Å². The third-order valence-corrected chi connectivity index (χ3v) is 7.97. The van der Waals surface area contributed by atoms with Gasteiger partial charge in [0.2, 0.25) is 0 Å². The molecule has 1 saturated carbocycles. The van der Waals surface area contributed by atoms with Crippen LogP contribution in [0.3, 0.4) is 0 Å². The van der Waals surface area contributed by atoms with E-state index >= 15 is 0 Å². The van der Waals surface area contributed by atoms with Gasteiger partial charge >= 0.3 is 0 Å². The van der Waals surface area contributed by atoms with Crippen molar-refractivity contribution in [1.82, 2.24) is 9.47 Å². The molecule has 1 aromatic carbocycles. The molecule has 4 bridgehead atoms. The molecule has 6 rings (SSSR count). The predicted molar refractivity (Wildman–Crippen MR) is 105 cm³/mol. The topological polar surface area (TPSA) is 8.17 Å². The third-order valence-electron chi connectivity index (χ3n) is 7.97. The average molecular weight is 337 g/mol. The van der Waals surface area contributed by atoms with E-state index < -0.39 is 0 Å². The minimum Gasteiger partial charge on any atom is -0.347 e. The van der Waals surface area contributed by atoms with Crippen LogP contribution in [0.4, 0.5) is 0 Å². The highest BCUT2D eigenvalue weighted by atomic mass is 15.2. The molecule has 2 heteroatoms. The van der Waals surface area contributed by atoms with Gasteiger partial charge in [0.1, 0.15) is 0 Å². The lowest BCUT2D eigenvalue weighted by Crippen LogP contribution is -2.63. The summed E-state index contributed by atoms with van der Waals surface area (Å²) in [4.78, 5) is 2.87. The number of hydrogen-bond donors (Lipinski definition) is 0. The summed E-state index contributed by atoms with van der Waals surface area (Å²) in [5.41, 5.74) is 7.97. The fourth-order valence-corrected chi connectivity index (χ4v) is 7.03. The predicted octanol–water partition coefficient (Wildman–Crippen LogP) is 4.73.